The van der Waals surface area contributed by atoms with E-state index in [9.17, 15) is 9.18 Å². The van der Waals surface area contributed by atoms with Crippen LogP contribution in [0.2, 0.25) is 0 Å². The van der Waals surface area contributed by atoms with E-state index in [2.05, 4.69) is 87.0 Å². The van der Waals surface area contributed by atoms with Gasteiger partial charge in [-0.15, -0.1) is 0 Å². The third-order valence-electron chi connectivity index (χ3n) is 11.9. The number of nitrogens with zero attached hydrogens (tertiary/aromatic N) is 4. The van der Waals surface area contributed by atoms with Gasteiger partial charge in [-0.1, -0.05) is 50.2 Å². The van der Waals surface area contributed by atoms with Crippen LogP contribution in [0.4, 0.5) is 10.1 Å². The SMILES string of the molecule is COc1ccc(CN2CCN(C3CC4(CCN(c5ccc(C=O)c(Oc6cnc7[nH]cc(F)c7c6)c5)CC4)C3)[C@@H](c3ccccc3C(C)C)C2)cc1. The average Bonchev–Trinajstić information content (AvgIpc) is 3.53. The van der Waals surface area contributed by atoms with Crippen LogP contribution >= 0.6 is 0 Å². The molecule has 0 unspecified atom stereocenters. The monoisotopic (exact) mass is 701 g/mol. The lowest BCUT2D eigenvalue weighted by Gasteiger charge is -2.58. The maximum atomic E-state index is 14.2. The lowest BCUT2D eigenvalue weighted by molar-refractivity contribution is -0.0628. The van der Waals surface area contributed by atoms with E-state index in [0.29, 0.717) is 51.5 Å². The molecular formula is C43H48FN5O3. The predicted molar refractivity (Wildman–Crippen MR) is 203 cm³/mol. The summed E-state index contributed by atoms with van der Waals surface area (Å²) in [5.74, 6) is 1.82. The first kappa shape index (κ1) is 34.4. The van der Waals surface area contributed by atoms with Crippen LogP contribution in [0.15, 0.2) is 85.2 Å². The molecule has 2 aromatic heterocycles. The van der Waals surface area contributed by atoms with Gasteiger partial charge >= 0.3 is 0 Å². The van der Waals surface area contributed by atoms with Gasteiger partial charge in [0, 0.05) is 69.3 Å². The zero-order valence-electron chi connectivity index (χ0n) is 30.4. The quantitative estimate of drug-likeness (QED) is 0.146. The van der Waals surface area contributed by atoms with Crippen LogP contribution < -0.4 is 14.4 Å². The summed E-state index contributed by atoms with van der Waals surface area (Å²) in [6.07, 6.45) is 8.40. The van der Waals surface area contributed by atoms with Gasteiger partial charge in [0.1, 0.15) is 28.7 Å². The van der Waals surface area contributed by atoms with Gasteiger partial charge in [0.2, 0.25) is 0 Å². The molecule has 3 aromatic carbocycles. The highest BCUT2D eigenvalue weighted by atomic mass is 19.1. The largest absolute Gasteiger partial charge is 0.497 e. The van der Waals surface area contributed by atoms with E-state index in [1.54, 1.807) is 19.4 Å². The van der Waals surface area contributed by atoms with Crippen molar-refractivity contribution in [1.29, 1.82) is 0 Å². The average molecular weight is 702 g/mol. The van der Waals surface area contributed by atoms with Crippen molar-refractivity contribution >= 4 is 23.0 Å². The molecule has 0 amide bonds. The number of benzene rings is 3. The van der Waals surface area contributed by atoms with Gasteiger partial charge in [-0.2, -0.15) is 0 Å². The number of aromatic nitrogens is 2. The van der Waals surface area contributed by atoms with Gasteiger partial charge in [0.15, 0.2) is 6.29 Å². The fourth-order valence-corrected chi connectivity index (χ4v) is 8.90. The molecule has 1 aliphatic carbocycles. The summed E-state index contributed by atoms with van der Waals surface area (Å²) < 4.78 is 25.7. The summed E-state index contributed by atoms with van der Waals surface area (Å²) in [7, 11) is 1.72. The highest BCUT2D eigenvalue weighted by Crippen LogP contribution is 2.53. The van der Waals surface area contributed by atoms with Crippen molar-refractivity contribution in [2.24, 2.45) is 5.41 Å². The van der Waals surface area contributed by atoms with Gasteiger partial charge in [-0.3, -0.25) is 14.6 Å². The number of carbonyl (C=O) groups is 1. The summed E-state index contributed by atoms with van der Waals surface area (Å²) >= 11 is 0. The van der Waals surface area contributed by atoms with Crippen molar-refractivity contribution in [1.82, 2.24) is 19.8 Å². The van der Waals surface area contributed by atoms with Gasteiger partial charge in [0.05, 0.1) is 24.3 Å². The van der Waals surface area contributed by atoms with Crippen molar-refractivity contribution in [3.8, 4) is 17.2 Å². The second-order valence-electron chi connectivity index (χ2n) is 15.3. The molecule has 270 valence electrons. The molecule has 1 saturated carbocycles. The topological polar surface area (TPSA) is 73.9 Å². The zero-order chi connectivity index (χ0) is 35.8. The molecule has 5 aromatic rings. The Morgan fingerprint density at radius 3 is 2.52 bits per heavy atom. The molecule has 8 rings (SSSR count). The Morgan fingerprint density at radius 2 is 1.77 bits per heavy atom. The van der Waals surface area contributed by atoms with Crippen LogP contribution in [0.25, 0.3) is 11.0 Å². The zero-order valence-corrected chi connectivity index (χ0v) is 30.4. The highest BCUT2D eigenvalue weighted by Gasteiger charge is 2.50. The number of rotatable bonds is 10. The Labute approximate surface area is 305 Å². The van der Waals surface area contributed by atoms with Crippen LogP contribution in [-0.4, -0.2) is 71.9 Å². The number of methoxy groups -OCH3 is 1. The molecule has 1 N–H and O–H groups in total. The molecule has 52 heavy (non-hydrogen) atoms. The Hall–Kier alpha value is -4.73. The molecule has 1 atom stereocenters. The number of halogens is 1. The number of aldehydes is 1. The lowest BCUT2D eigenvalue weighted by atomic mass is 9.59. The Bertz CT molecular complexity index is 2030. The maximum absolute atomic E-state index is 14.2. The molecule has 2 aliphatic heterocycles. The minimum Gasteiger partial charge on any atom is -0.497 e. The molecule has 4 heterocycles. The van der Waals surface area contributed by atoms with E-state index in [-0.39, 0.29) is 5.82 Å². The van der Waals surface area contributed by atoms with E-state index < -0.39 is 0 Å². The third-order valence-corrected chi connectivity index (χ3v) is 11.9. The molecule has 9 heteroatoms. The van der Waals surface area contributed by atoms with Crippen LogP contribution in [-0.2, 0) is 6.54 Å². The first-order chi connectivity index (χ1) is 25.3. The van der Waals surface area contributed by atoms with E-state index in [1.807, 2.05) is 18.2 Å². The normalized spacial score (nSPS) is 19.6. The molecule has 0 bridgehead atoms. The first-order valence-corrected chi connectivity index (χ1v) is 18.7. The number of ether oxygens (including phenoxy) is 2. The molecule has 0 radical (unpaired) electrons. The number of fused-ring (bicyclic) bond motifs is 1. The van der Waals surface area contributed by atoms with E-state index >= 15 is 0 Å². The smallest absolute Gasteiger partial charge is 0.153 e. The van der Waals surface area contributed by atoms with E-state index in [1.165, 1.54) is 35.7 Å². The number of H-pyrrole nitrogens is 1. The van der Waals surface area contributed by atoms with Crippen LogP contribution in [0, 0.1) is 11.2 Å². The second-order valence-corrected chi connectivity index (χ2v) is 15.3. The minimum atomic E-state index is -0.388. The standard InChI is InChI=1S/C43H48FN5O3/c1-29(2)36-6-4-5-7-37(36)40-27-47(26-30-8-12-34(51-3)13-9-30)18-19-49(40)33-22-43(23-33)14-16-48(17-15-43)32-11-10-31(28-50)41(20-32)52-35-21-38-39(44)25-46-42(38)45-24-35/h4-13,20-21,24-25,28-29,33,40H,14-19,22-23,26-27H2,1-3H3,(H,45,46)/t40-/m1/s1. The third kappa shape index (κ3) is 6.79. The predicted octanol–water partition coefficient (Wildman–Crippen LogP) is 8.75. The van der Waals surface area contributed by atoms with E-state index in [4.69, 9.17) is 9.47 Å². The van der Waals surface area contributed by atoms with Crippen LogP contribution in [0.5, 0.6) is 17.2 Å². The number of piperazine rings is 1. The maximum Gasteiger partial charge on any atom is 0.153 e. The number of hydrogen-bond acceptors (Lipinski definition) is 7. The van der Waals surface area contributed by atoms with Crippen molar-refractivity contribution in [3.63, 3.8) is 0 Å². The number of aromatic amines is 1. The van der Waals surface area contributed by atoms with Gasteiger partial charge < -0.3 is 19.4 Å². The summed E-state index contributed by atoms with van der Waals surface area (Å²) in [5, 5.41) is 0.354. The summed E-state index contributed by atoms with van der Waals surface area (Å²) in [4.78, 5) is 26.9. The molecule has 8 nitrogen and oxygen atoms in total. The number of piperidine rings is 1. The molecular weight excluding hydrogens is 654 g/mol. The lowest BCUT2D eigenvalue weighted by Crippen LogP contribution is -2.60. The van der Waals surface area contributed by atoms with Gasteiger partial charge in [0.25, 0.3) is 0 Å². The van der Waals surface area contributed by atoms with E-state index in [0.717, 1.165) is 69.8 Å². The minimum absolute atomic E-state index is 0.354. The second kappa shape index (κ2) is 14.4. The summed E-state index contributed by atoms with van der Waals surface area (Å²) in [6, 6.07) is 25.9. The highest BCUT2D eigenvalue weighted by molar-refractivity contribution is 5.82. The molecule has 1 spiro atoms. The summed E-state index contributed by atoms with van der Waals surface area (Å²) in [6.45, 7) is 10.7. The number of pyridine rings is 1. The number of carbonyl (C=O) groups excluding carboxylic acids is 1. The van der Waals surface area contributed by atoms with Crippen molar-refractivity contribution in [2.75, 3.05) is 44.7 Å². The van der Waals surface area contributed by atoms with Crippen molar-refractivity contribution < 1.29 is 18.7 Å². The van der Waals surface area contributed by atoms with Crippen LogP contribution in [0.1, 0.15) is 78.5 Å². The van der Waals surface area contributed by atoms with Gasteiger partial charge in [-0.25, -0.2) is 9.37 Å². The Kier molecular flexibility index (Phi) is 9.49. The van der Waals surface area contributed by atoms with Gasteiger partial charge in [-0.05, 0) is 84.0 Å². The first-order valence-electron chi connectivity index (χ1n) is 18.7. The number of anilines is 1. The van der Waals surface area contributed by atoms with Crippen LogP contribution in [0.3, 0.4) is 0 Å². The molecule has 3 aliphatic rings. The molecule has 2 saturated heterocycles. The Balaban J connectivity index is 0.939. The summed E-state index contributed by atoms with van der Waals surface area (Å²) in [5.41, 5.74) is 6.58. The number of hydrogen-bond donors (Lipinski definition) is 1. The fourth-order valence-electron chi connectivity index (χ4n) is 8.90. The fraction of sp³-hybridized carbons (Fsp3) is 0.395. The molecule has 3 fully saturated rings. The van der Waals surface area contributed by atoms with Crippen molar-refractivity contribution in [2.45, 2.75) is 64.1 Å². The van der Waals surface area contributed by atoms with Crippen molar-refractivity contribution in [3.05, 3.63) is 113 Å². The Morgan fingerprint density at radius 1 is 0.981 bits per heavy atom. The number of nitrogens with one attached hydrogen (secondary N) is 1.